The maximum atomic E-state index is 12.8. The maximum Gasteiger partial charge on any atom is 0.410 e. The highest BCUT2D eigenvalue weighted by Gasteiger charge is 2.58. The summed E-state index contributed by atoms with van der Waals surface area (Å²) >= 11 is 1.25. The predicted octanol–water partition coefficient (Wildman–Crippen LogP) is 4.10. The van der Waals surface area contributed by atoms with E-state index in [4.69, 9.17) is 4.74 Å². The molecule has 0 aliphatic heterocycles. The van der Waals surface area contributed by atoms with E-state index in [1.807, 2.05) is 56.0 Å². The molecule has 0 spiro atoms. The largest absolute Gasteiger partial charge is 0.444 e. The van der Waals surface area contributed by atoms with Crippen LogP contribution in [-0.4, -0.2) is 50.3 Å². The predicted molar refractivity (Wildman–Crippen MR) is 109 cm³/mol. The first kappa shape index (κ1) is 19.8. The van der Waals surface area contributed by atoms with Crippen LogP contribution >= 0.6 is 11.8 Å². The van der Waals surface area contributed by atoms with Crippen molar-refractivity contribution in [2.24, 2.45) is 11.8 Å². The highest BCUT2D eigenvalue weighted by Crippen LogP contribution is 2.54. The van der Waals surface area contributed by atoms with Gasteiger partial charge in [0, 0.05) is 22.9 Å². The zero-order chi connectivity index (χ0) is 20.1. The van der Waals surface area contributed by atoms with Gasteiger partial charge in [-0.05, 0) is 58.3 Å². The summed E-state index contributed by atoms with van der Waals surface area (Å²) in [6.07, 6.45) is 2.91. The van der Waals surface area contributed by atoms with Gasteiger partial charge in [0.2, 0.25) is 5.12 Å². The number of hydrogen-bond donors (Lipinski definition) is 1. The van der Waals surface area contributed by atoms with Crippen LogP contribution in [0, 0.1) is 11.8 Å². The van der Waals surface area contributed by atoms with Crippen LogP contribution in [0.5, 0.6) is 0 Å². The molecule has 1 aromatic rings. The van der Waals surface area contributed by atoms with Gasteiger partial charge in [0.05, 0.1) is 6.10 Å². The quantitative estimate of drug-likeness (QED) is 0.820. The third kappa shape index (κ3) is 3.94. The van der Waals surface area contributed by atoms with Gasteiger partial charge in [-0.1, -0.05) is 42.1 Å². The first-order valence-corrected chi connectivity index (χ1v) is 11.1. The number of benzene rings is 1. The zero-order valence-corrected chi connectivity index (χ0v) is 17.5. The second kappa shape index (κ2) is 7.38. The second-order valence-electron chi connectivity index (χ2n) is 9.29. The highest BCUT2D eigenvalue weighted by atomic mass is 32.2. The SMILES string of the molecule is CC(C)(C)OC(=O)N(C1CC1)[C@@H]1C[C@@H]2[C@@H](O)[C@H](SC(=O)c3ccccc3)C[C@@H]21. The van der Waals surface area contributed by atoms with Crippen LogP contribution in [0.3, 0.4) is 0 Å². The van der Waals surface area contributed by atoms with Crippen molar-refractivity contribution in [2.45, 2.75) is 75.5 Å². The Labute approximate surface area is 170 Å². The number of rotatable bonds is 4. The van der Waals surface area contributed by atoms with Crippen molar-refractivity contribution < 1.29 is 19.4 Å². The summed E-state index contributed by atoms with van der Waals surface area (Å²) in [5, 5.41) is 10.6. The number of fused-ring (bicyclic) bond motifs is 1. The molecule has 3 saturated carbocycles. The molecule has 0 heterocycles. The Kier molecular flexibility index (Phi) is 5.21. The molecule has 1 aromatic carbocycles. The Morgan fingerprint density at radius 1 is 1.11 bits per heavy atom. The molecule has 5 nitrogen and oxygen atoms in total. The fourth-order valence-electron chi connectivity index (χ4n) is 4.57. The normalized spacial score (nSPS) is 31.6. The molecule has 1 amide bonds. The summed E-state index contributed by atoms with van der Waals surface area (Å²) in [6.45, 7) is 5.67. The minimum absolute atomic E-state index is 0.00805. The average Bonchev–Trinajstić information content (AvgIpc) is 3.41. The summed E-state index contributed by atoms with van der Waals surface area (Å²) in [7, 11) is 0. The molecule has 0 saturated heterocycles. The summed E-state index contributed by atoms with van der Waals surface area (Å²) in [5.74, 6) is 0.430. The van der Waals surface area contributed by atoms with Gasteiger partial charge in [-0.15, -0.1) is 0 Å². The van der Waals surface area contributed by atoms with Gasteiger partial charge in [-0.3, -0.25) is 4.79 Å². The van der Waals surface area contributed by atoms with E-state index in [0.29, 0.717) is 5.56 Å². The molecule has 6 heteroatoms. The van der Waals surface area contributed by atoms with E-state index >= 15 is 0 Å². The molecule has 0 bridgehead atoms. The molecule has 28 heavy (non-hydrogen) atoms. The molecule has 3 aliphatic carbocycles. The Balaban J connectivity index is 1.41. The zero-order valence-electron chi connectivity index (χ0n) is 16.7. The third-order valence-electron chi connectivity index (χ3n) is 6.05. The summed E-state index contributed by atoms with van der Waals surface area (Å²) in [6, 6.07) is 9.62. The summed E-state index contributed by atoms with van der Waals surface area (Å²) < 4.78 is 5.65. The van der Waals surface area contributed by atoms with Crippen LogP contribution in [0.2, 0.25) is 0 Å². The molecule has 4 rings (SSSR count). The number of hydrogen-bond acceptors (Lipinski definition) is 5. The molecule has 152 valence electrons. The van der Waals surface area contributed by atoms with Crippen molar-refractivity contribution in [1.82, 2.24) is 4.90 Å². The van der Waals surface area contributed by atoms with E-state index in [9.17, 15) is 14.7 Å². The van der Waals surface area contributed by atoms with Crippen LogP contribution < -0.4 is 0 Å². The van der Waals surface area contributed by atoms with Crippen LogP contribution in [0.1, 0.15) is 56.8 Å². The molecule has 3 aliphatic rings. The fraction of sp³-hybridized carbons (Fsp3) is 0.636. The van der Waals surface area contributed by atoms with E-state index < -0.39 is 11.7 Å². The Morgan fingerprint density at radius 3 is 2.39 bits per heavy atom. The number of aliphatic hydroxyl groups is 1. The minimum Gasteiger partial charge on any atom is -0.444 e. The van der Waals surface area contributed by atoms with E-state index in [-0.39, 0.29) is 40.4 Å². The topological polar surface area (TPSA) is 66.8 Å². The van der Waals surface area contributed by atoms with E-state index in [0.717, 1.165) is 25.7 Å². The van der Waals surface area contributed by atoms with E-state index in [2.05, 4.69) is 0 Å². The molecule has 0 aromatic heterocycles. The monoisotopic (exact) mass is 403 g/mol. The lowest BCUT2D eigenvalue weighted by Crippen LogP contribution is -2.56. The summed E-state index contributed by atoms with van der Waals surface area (Å²) in [4.78, 5) is 27.3. The minimum atomic E-state index is -0.511. The third-order valence-corrected chi connectivity index (χ3v) is 7.28. The number of ether oxygens (including phenoxy) is 1. The lowest BCUT2D eigenvalue weighted by molar-refractivity contribution is -0.0422. The van der Waals surface area contributed by atoms with Crippen molar-refractivity contribution in [3.05, 3.63) is 35.9 Å². The van der Waals surface area contributed by atoms with Gasteiger partial charge in [0.25, 0.3) is 0 Å². The molecule has 0 radical (unpaired) electrons. The van der Waals surface area contributed by atoms with Crippen LogP contribution in [0.4, 0.5) is 4.79 Å². The fourth-order valence-corrected chi connectivity index (χ4v) is 5.77. The highest BCUT2D eigenvalue weighted by molar-refractivity contribution is 8.14. The maximum absolute atomic E-state index is 12.8. The van der Waals surface area contributed by atoms with Gasteiger partial charge < -0.3 is 14.7 Å². The molecule has 0 unspecified atom stereocenters. The molecular formula is C22H29NO4S. The van der Waals surface area contributed by atoms with Crippen LogP contribution in [0.25, 0.3) is 0 Å². The second-order valence-corrected chi connectivity index (χ2v) is 10.5. The van der Waals surface area contributed by atoms with Gasteiger partial charge in [-0.25, -0.2) is 4.79 Å². The number of aliphatic hydroxyl groups excluding tert-OH is 1. The Bertz CT molecular complexity index is 743. The number of amides is 1. The van der Waals surface area contributed by atoms with Gasteiger partial charge in [0.15, 0.2) is 0 Å². The number of nitrogens with zero attached hydrogens (tertiary/aromatic N) is 1. The van der Waals surface area contributed by atoms with Gasteiger partial charge >= 0.3 is 6.09 Å². The Morgan fingerprint density at radius 2 is 1.79 bits per heavy atom. The van der Waals surface area contributed by atoms with Crippen molar-refractivity contribution in [3.63, 3.8) is 0 Å². The number of thioether (sulfide) groups is 1. The van der Waals surface area contributed by atoms with Crippen molar-refractivity contribution >= 4 is 23.0 Å². The molecule has 1 N–H and O–H groups in total. The van der Waals surface area contributed by atoms with Crippen LogP contribution in [0.15, 0.2) is 30.3 Å². The standard InChI is InChI=1S/C22H29NO4S/c1-22(2,3)27-21(26)23(14-9-10-14)17-11-16-15(17)12-18(19(16)24)28-20(25)13-7-5-4-6-8-13/h4-8,14-19,24H,9-12H2,1-3H3/t15-,16-,17+,18+,19+/m0/s1. The first-order chi connectivity index (χ1) is 13.2. The number of carbonyl (C=O) groups is 2. The lowest BCUT2D eigenvalue weighted by atomic mass is 9.70. The molecular weight excluding hydrogens is 374 g/mol. The number of carbonyl (C=O) groups excluding carboxylic acids is 2. The van der Waals surface area contributed by atoms with Crippen molar-refractivity contribution in [2.75, 3.05) is 0 Å². The van der Waals surface area contributed by atoms with Gasteiger partial charge in [-0.2, -0.15) is 0 Å². The molecule has 3 fully saturated rings. The average molecular weight is 404 g/mol. The van der Waals surface area contributed by atoms with Crippen LogP contribution in [-0.2, 0) is 4.74 Å². The van der Waals surface area contributed by atoms with Crippen molar-refractivity contribution in [3.8, 4) is 0 Å². The van der Waals surface area contributed by atoms with E-state index in [1.54, 1.807) is 0 Å². The molecule has 5 atom stereocenters. The smallest absolute Gasteiger partial charge is 0.410 e. The summed E-state index contributed by atoms with van der Waals surface area (Å²) in [5.41, 5.74) is 0.159. The lowest BCUT2D eigenvalue weighted by Gasteiger charge is -2.48. The van der Waals surface area contributed by atoms with E-state index in [1.165, 1.54) is 11.8 Å². The Hall–Kier alpha value is -1.53. The van der Waals surface area contributed by atoms with Gasteiger partial charge in [0.1, 0.15) is 5.60 Å². The first-order valence-electron chi connectivity index (χ1n) is 10.2. The van der Waals surface area contributed by atoms with Crippen molar-refractivity contribution in [1.29, 1.82) is 0 Å².